The first-order chi connectivity index (χ1) is 16.4. The van der Waals surface area contributed by atoms with E-state index in [4.69, 9.17) is 0 Å². The van der Waals surface area contributed by atoms with Gasteiger partial charge < -0.3 is 4.90 Å². The SMILES string of the molecule is CC(C)n1nc(C(=O)NNC(=O)c2ccccc2N(C)c2ccccc2)c2ccccc2c1=O. The summed E-state index contributed by atoms with van der Waals surface area (Å²) in [5.41, 5.74) is 6.69. The summed E-state index contributed by atoms with van der Waals surface area (Å²) in [4.78, 5) is 40.6. The Morgan fingerprint density at radius 2 is 1.41 bits per heavy atom. The second-order valence-electron chi connectivity index (χ2n) is 8.06. The summed E-state index contributed by atoms with van der Waals surface area (Å²) in [7, 11) is 1.87. The van der Waals surface area contributed by atoms with E-state index in [9.17, 15) is 14.4 Å². The first kappa shape index (κ1) is 22.7. The van der Waals surface area contributed by atoms with Crippen molar-refractivity contribution in [3.8, 4) is 0 Å². The van der Waals surface area contributed by atoms with Crippen molar-refractivity contribution in [2.75, 3.05) is 11.9 Å². The highest BCUT2D eigenvalue weighted by Crippen LogP contribution is 2.26. The number of carbonyl (C=O) groups is 2. The number of para-hydroxylation sites is 2. The van der Waals surface area contributed by atoms with Crippen LogP contribution in [-0.2, 0) is 0 Å². The Hall–Kier alpha value is -4.46. The van der Waals surface area contributed by atoms with Gasteiger partial charge in [-0.1, -0.05) is 48.5 Å². The number of amides is 2. The summed E-state index contributed by atoms with van der Waals surface area (Å²) in [6, 6.07) is 23.3. The maximum absolute atomic E-state index is 13.0. The Labute approximate surface area is 196 Å². The van der Waals surface area contributed by atoms with Gasteiger partial charge in [0.05, 0.1) is 22.7 Å². The Kier molecular flexibility index (Phi) is 6.40. The maximum Gasteiger partial charge on any atom is 0.290 e. The highest BCUT2D eigenvalue weighted by Gasteiger charge is 2.20. The van der Waals surface area contributed by atoms with Gasteiger partial charge in [0.25, 0.3) is 17.4 Å². The minimum absolute atomic E-state index is 0.0545. The Morgan fingerprint density at radius 3 is 2.12 bits per heavy atom. The number of rotatable bonds is 5. The molecule has 4 rings (SSSR count). The molecule has 0 atom stereocenters. The monoisotopic (exact) mass is 455 g/mol. The molecular formula is C26H25N5O3. The van der Waals surface area contributed by atoms with Gasteiger partial charge in [-0.15, -0.1) is 0 Å². The van der Waals surface area contributed by atoms with Crippen LogP contribution in [-0.4, -0.2) is 28.6 Å². The summed E-state index contributed by atoms with van der Waals surface area (Å²) in [5.74, 6) is -1.10. The molecule has 0 aliphatic rings. The van der Waals surface area contributed by atoms with Gasteiger partial charge in [-0.2, -0.15) is 5.10 Å². The molecule has 8 nitrogen and oxygen atoms in total. The van der Waals surface area contributed by atoms with Crippen molar-refractivity contribution >= 4 is 34.0 Å². The van der Waals surface area contributed by atoms with E-state index >= 15 is 0 Å². The minimum atomic E-state index is -0.618. The van der Waals surface area contributed by atoms with Gasteiger partial charge in [0.2, 0.25) is 0 Å². The van der Waals surface area contributed by atoms with E-state index in [-0.39, 0.29) is 17.3 Å². The van der Waals surface area contributed by atoms with E-state index in [0.717, 1.165) is 5.69 Å². The third-order valence-electron chi connectivity index (χ3n) is 5.48. The van der Waals surface area contributed by atoms with Crippen LogP contribution in [0.4, 0.5) is 11.4 Å². The van der Waals surface area contributed by atoms with E-state index in [0.29, 0.717) is 22.0 Å². The van der Waals surface area contributed by atoms with E-state index in [1.165, 1.54) is 4.68 Å². The van der Waals surface area contributed by atoms with Crippen LogP contribution >= 0.6 is 0 Å². The normalized spacial score (nSPS) is 10.8. The first-order valence-electron chi connectivity index (χ1n) is 10.9. The number of fused-ring (bicyclic) bond motifs is 1. The third-order valence-corrected chi connectivity index (χ3v) is 5.48. The number of hydrazine groups is 1. The zero-order chi connectivity index (χ0) is 24.2. The summed E-state index contributed by atoms with van der Waals surface area (Å²) < 4.78 is 1.27. The second kappa shape index (κ2) is 9.58. The highest BCUT2D eigenvalue weighted by molar-refractivity contribution is 6.07. The predicted molar refractivity (Wildman–Crippen MR) is 132 cm³/mol. The third kappa shape index (κ3) is 4.38. The largest absolute Gasteiger partial charge is 0.344 e. The van der Waals surface area contributed by atoms with Crippen LogP contribution < -0.4 is 21.3 Å². The molecule has 172 valence electrons. The standard InChI is InChI=1S/C26H25N5O3/c1-17(2)31-26(34)20-14-8-7-13-19(20)23(29-31)25(33)28-27-24(32)21-15-9-10-16-22(21)30(3)18-11-5-4-6-12-18/h4-17H,1-3H3,(H,27,32)(H,28,33). The lowest BCUT2D eigenvalue weighted by Crippen LogP contribution is -2.43. The summed E-state index contributed by atoms with van der Waals surface area (Å²) in [5, 5.41) is 5.07. The lowest BCUT2D eigenvalue weighted by Gasteiger charge is -2.22. The number of hydrogen-bond donors (Lipinski definition) is 2. The first-order valence-corrected chi connectivity index (χ1v) is 10.9. The van der Waals surface area contributed by atoms with Crippen LogP contribution in [0.1, 0.15) is 40.7 Å². The molecule has 0 unspecified atom stereocenters. The molecule has 0 aliphatic carbocycles. The van der Waals surface area contributed by atoms with Gasteiger partial charge in [-0.3, -0.25) is 25.2 Å². The van der Waals surface area contributed by atoms with E-state index in [1.807, 2.05) is 68.3 Å². The highest BCUT2D eigenvalue weighted by atomic mass is 16.2. The minimum Gasteiger partial charge on any atom is -0.344 e. The molecule has 1 aromatic heterocycles. The molecule has 4 aromatic rings. The lowest BCUT2D eigenvalue weighted by molar-refractivity contribution is 0.0843. The molecule has 34 heavy (non-hydrogen) atoms. The molecule has 0 radical (unpaired) electrons. The number of nitrogens with zero attached hydrogens (tertiary/aromatic N) is 3. The fourth-order valence-corrected chi connectivity index (χ4v) is 3.71. The molecule has 2 amide bonds. The molecule has 0 bridgehead atoms. The smallest absolute Gasteiger partial charge is 0.290 e. The van der Waals surface area contributed by atoms with E-state index in [1.54, 1.807) is 36.4 Å². The van der Waals surface area contributed by atoms with Crippen LogP contribution in [0.3, 0.4) is 0 Å². The molecule has 0 spiro atoms. The molecule has 2 N–H and O–H groups in total. The number of hydrogen-bond acceptors (Lipinski definition) is 5. The molecule has 0 saturated heterocycles. The molecule has 0 saturated carbocycles. The Bertz CT molecular complexity index is 1410. The molecule has 3 aromatic carbocycles. The van der Waals surface area contributed by atoms with Crippen LogP contribution in [0, 0.1) is 0 Å². The Morgan fingerprint density at radius 1 is 0.824 bits per heavy atom. The average molecular weight is 456 g/mol. The van der Waals surface area contributed by atoms with E-state index in [2.05, 4.69) is 16.0 Å². The summed E-state index contributed by atoms with van der Waals surface area (Å²) in [6.45, 7) is 3.62. The van der Waals surface area contributed by atoms with Crippen molar-refractivity contribution in [1.82, 2.24) is 20.6 Å². The number of aromatic nitrogens is 2. The zero-order valence-electron chi connectivity index (χ0n) is 19.1. The second-order valence-corrected chi connectivity index (χ2v) is 8.06. The van der Waals surface area contributed by atoms with Gasteiger partial charge in [-0.25, -0.2) is 4.68 Å². The predicted octanol–water partition coefficient (Wildman–Crippen LogP) is 3.82. The number of benzene rings is 3. The number of nitrogens with one attached hydrogen (secondary N) is 2. The van der Waals surface area contributed by atoms with E-state index < -0.39 is 11.8 Å². The number of anilines is 2. The van der Waals surface area contributed by atoms with Gasteiger partial charge in [-0.05, 0) is 44.2 Å². The van der Waals surface area contributed by atoms with Gasteiger partial charge in [0.15, 0.2) is 5.69 Å². The molecule has 0 fully saturated rings. The average Bonchev–Trinajstić information content (AvgIpc) is 2.87. The molecule has 1 heterocycles. The van der Waals surface area contributed by atoms with Crippen molar-refractivity contribution < 1.29 is 9.59 Å². The van der Waals surface area contributed by atoms with Crippen LogP contribution in [0.5, 0.6) is 0 Å². The zero-order valence-corrected chi connectivity index (χ0v) is 19.1. The summed E-state index contributed by atoms with van der Waals surface area (Å²) >= 11 is 0. The van der Waals surface area contributed by atoms with Gasteiger partial charge in [0.1, 0.15) is 0 Å². The van der Waals surface area contributed by atoms with Crippen molar-refractivity contribution in [3.63, 3.8) is 0 Å². The fraction of sp³-hybridized carbons (Fsp3) is 0.154. The van der Waals surface area contributed by atoms with Gasteiger partial charge in [0, 0.05) is 18.1 Å². The van der Waals surface area contributed by atoms with Crippen LogP contribution in [0.15, 0.2) is 83.7 Å². The van der Waals surface area contributed by atoms with Crippen LogP contribution in [0.2, 0.25) is 0 Å². The number of carbonyl (C=O) groups excluding carboxylic acids is 2. The summed E-state index contributed by atoms with van der Waals surface area (Å²) in [6.07, 6.45) is 0. The molecular weight excluding hydrogens is 430 g/mol. The fourth-order valence-electron chi connectivity index (χ4n) is 3.71. The van der Waals surface area contributed by atoms with Crippen molar-refractivity contribution in [2.45, 2.75) is 19.9 Å². The van der Waals surface area contributed by atoms with Crippen molar-refractivity contribution in [1.29, 1.82) is 0 Å². The van der Waals surface area contributed by atoms with Crippen molar-refractivity contribution in [3.05, 3.63) is 100 Å². The molecule has 8 heteroatoms. The maximum atomic E-state index is 13.0. The lowest BCUT2D eigenvalue weighted by atomic mass is 10.1. The molecule has 0 aliphatic heterocycles. The Balaban J connectivity index is 1.60. The van der Waals surface area contributed by atoms with Gasteiger partial charge >= 0.3 is 0 Å². The van der Waals surface area contributed by atoms with Crippen molar-refractivity contribution in [2.24, 2.45) is 0 Å². The van der Waals surface area contributed by atoms with Crippen LogP contribution in [0.25, 0.3) is 10.8 Å². The quantitative estimate of drug-likeness (QED) is 0.446. The topological polar surface area (TPSA) is 96.3 Å².